The normalized spacial score (nSPS) is 10.5. The molecule has 0 N–H and O–H groups in total. The van der Waals surface area contributed by atoms with E-state index in [2.05, 4.69) is 11.2 Å². The number of benzene rings is 3. The molecule has 1 aromatic heterocycles. The highest BCUT2D eigenvalue weighted by Crippen LogP contribution is 2.29. The van der Waals surface area contributed by atoms with Crippen LogP contribution in [-0.2, 0) is 0 Å². The summed E-state index contributed by atoms with van der Waals surface area (Å²) < 4.78 is 14.9. The van der Waals surface area contributed by atoms with Crippen molar-refractivity contribution < 1.29 is 9.18 Å². The molecule has 4 aromatic rings. The minimum absolute atomic E-state index is 0.140. The number of para-hydroxylation sites is 1. The van der Waals surface area contributed by atoms with Gasteiger partial charge in [-0.25, -0.2) is 9.07 Å². The summed E-state index contributed by atoms with van der Waals surface area (Å²) in [4.78, 5) is 13.4. The van der Waals surface area contributed by atoms with E-state index in [0.29, 0.717) is 22.5 Å². The van der Waals surface area contributed by atoms with Gasteiger partial charge in [-0.2, -0.15) is 10.4 Å². The van der Waals surface area contributed by atoms with Crippen LogP contribution in [0, 0.1) is 24.1 Å². The van der Waals surface area contributed by atoms with Gasteiger partial charge in [-0.3, -0.25) is 4.79 Å². The molecule has 0 unspecified atom stereocenters. The lowest BCUT2D eigenvalue weighted by molar-refractivity contribution is 0.103. The number of aryl methyl sites for hydroxylation is 1. The van der Waals surface area contributed by atoms with Gasteiger partial charge in [0.25, 0.3) is 0 Å². The highest BCUT2D eigenvalue weighted by atomic mass is 19.1. The van der Waals surface area contributed by atoms with Crippen molar-refractivity contribution in [3.63, 3.8) is 0 Å². The molecule has 0 atom stereocenters. The average Bonchev–Trinajstić information content (AvgIpc) is 3.14. The van der Waals surface area contributed by atoms with E-state index in [4.69, 9.17) is 0 Å². The minimum Gasteiger partial charge on any atom is -0.288 e. The van der Waals surface area contributed by atoms with E-state index >= 15 is 0 Å². The lowest BCUT2D eigenvalue weighted by Gasteiger charge is -2.04. The molecule has 4 nitrogen and oxygen atoms in total. The fraction of sp³-hybridized carbons (Fsp3) is 0.0417. The van der Waals surface area contributed by atoms with Gasteiger partial charge in [0.15, 0.2) is 11.5 Å². The maximum Gasteiger partial charge on any atom is 0.198 e. The Morgan fingerprint density at radius 2 is 1.62 bits per heavy atom. The lowest BCUT2D eigenvalue weighted by Crippen LogP contribution is -2.06. The molecule has 0 amide bonds. The Labute approximate surface area is 167 Å². The monoisotopic (exact) mass is 381 g/mol. The molecule has 0 spiro atoms. The first kappa shape index (κ1) is 18.3. The van der Waals surface area contributed by atoms with Crippen molar-refractivity contribution in [2.75, 3.05) is 0 Å². The topological polar surface area (TPSA) is 58.7 Å². The summed E-state index contributed by atoms with van der Waals surface area (Å²) in [5.41, 5.74) is 3.40. The molecule has 0 bridgehead atoms. The van der Waals surface area contributed by atoms with Crippen molar-refractivity contribution in [3.8, 4) is 23.0 Å². The summed E-state index contributed by atoms with van der Waals surface area (Å²) in [5, 5.41) is 14.4. The third kappa shape index (κ3) is 3.44. The number of rotatable bonds is 4. The SMILES string of the molecule is Cc1ccc(C(=O)c2c(-c3ccc(F)cc3)nn(-c3ccccc3)c2C#N)cc1. The molecule has 140 valence electrons. The predicted octanol–water partition coefficient (Wildman–Crippen LogP) is 5.09. The van der Waals surface area contributed by atoms with Crippen LogP contribution < -0.4 is 0 Å². The lowest BCUT2D eigenvalue weighted by atomic mass is 9.97. The molecule has 4 rings (SSSR count). The first-order valence-electron chi connectivity index (χ1n) is 9.04. The van der Waals surface area contributed by atoms with Gasteiger partial charge in [0.2, 0.25) is 0 Å². The minimum atomic E-state index is -0.386. The Balaban J connectivity index is 1.97. The zero-order valence-corrected chi connectivity index (χ0v) is 15.6. The van der Waals surface area contributed by atoms with Crippen LogP contribution in [0.4, 0.5) is 4.39 Å². The molecule has 0 saturated heterocycles. The smallest absolute Gasteiger partial charge is 0.198 e. The second kappa shape index (κ2) is 7.53. The molecule has 3 aromatic carbocycles. The van der Waals surface area contributed by atoms with Crippen LogP contribution in [0.15, 0.2) is 78.9 Å². The number of nitriles is 1. The van der Waals surface area contributed by atoms with E-state index in [9.17, 15) is 14.4 Å². The van der Waals surface area contributed by atoms with E-state index in [1.165, 1.54) is 16.8 Å². The molecule has 0 radical (unpaired) electrons. The maximum atomic E-state index is 13.4. The van der Waals surface area contributed by atoms with Crippen molar-refractivity contribution >= 4 is 5.78 Å². The highest BCUT2D eigenvalue weighted by Gasteiger charge is 2.26. The second-order valence-electron chi connectivity index (χ2n) is 6.63. The van der Waals surface area contributed by atoms with E-state index < -0.39 is 0 Å². The Hall–Kier alpha value is -4.04. The quantitative estimate of drug-likeness (QED) is 0.463. The summed E-state index contributed by atoms with van der Waals surface area (Å²) >= 11 is 0. The van der Waals surface area contributed by atoms with Crippen molar-refractivity contribution in [2.24, 2.45) is 0 Å². The Morgan fingerprint density at radius 1 is 0.966 bits per heavy atom. The predicted molar refractivity (Wildman–Crippen MR) is 108 cm³/mol. The number of carbonyl (C=O) groups excluding carboxylic acids is 1. The number of halogens is 1. The number of hydrogen-bond acceptors (Lipinski definition) is 3. The van der Waals surface area contributed by atoms with Gasteiger partial charge in [0, 0.05) is 11.1 Å². The number of aromatic nitrogens is 2. The van der Waals surface area contributed by atoms with Gasteiger partial charge in [0.05, 0.1) is 11.3 Å². The van der Waals surface area contributed by atoms with Crippen LogP contribution in [0.1, 0.15) is 27.2 Å². The molecule has 5 heteroatoms. The fourth-order valence-electron chi connectivity index (χ4n) is 3.15. The van der Waals surface area contributed by atoms with Crippen LogP contribution in [0.25, 0.3) is 16.9 Å². The first-order valence-corrected chi connectivity index (χ1v) is 9.04. The van der Waals surface area contributed by atoms with E-state index in [0.717, 1.165) is 5.56 Å². The van der Waals surface area contributed by atoms with E-state index in [-0.39, 0.29) is 22.9 Å². The maximum absolute atomic E-state index is 13.4. The molecular weight excluding hydrogens is 365 g/mol. The standard InChI is InChI=1S/C24H16FN3O/c1-16-7-9-18(10-8-16)24(29)22-21(15-26)28(20-5-3-2-4-6-20)27-23(22)17-11-13-19(25)14-12-17/h2-14H,1H3. The molecule has 0 aliphatic heterocycles. The van der Waals surface area contributed by atoms with Gasteiger partial charge in [-0.15, -0.1) is 0 Å². The molecule has 1 heterocycles. The number of hydrogen-bond donors (Lipinski definition) is 0. The van der Waals surface area contributed by atoms with Crippen LogP contribution in [0.5, 0.6) is 0 Å². The Kier molecular flexibility index (Phi) is 4.76. The summed E-state index contributed by atoms with van der Waals surface area (Å²) in [6.07, 6.45) is 0. The fourth-order valence-corrected chi connectivity index (χ4v) is 3.15. The van der Waals surface area contributed by atoms with Gasteiger partial charge >= 0.3 is 0 Å². The van der Waals surface area contributed by atoms with Crippen molar-refractivity contribution in [3.05, 3.63) is 107 Å². The molecule has 0 aliphatic rings. The van der Waals surface area contributed by atoms with E-state index in [1.807, 2.05) is 49.4 Å². The van der Waals surface area contributed by atoms with Crippen LogP contribution in [0.2, 0.25) is 0 Å². The molecule has 0 fully saturated rings. The van der Waals surface area contributed by atoms with Gasteiger partial charge in [0.1, 0.15) is 17.6 Å². The largest absolute Gasteiger partial charge is 0.288 e. The van der Waals surface area contributed by atoms with Crippen molar-refractivity contribution in [1.82, 2.24) is 9.78 Å². The van der Waals surface area contributed by atoms with Crippen LogP contribution >= 0.6 is 0 Å². The summed E-state index contributed by atoms with van der Waals surface area (Å²) in [6.45, 7) is 1.94. The van der Waals surface area contributed by atoms with Gasteiger partial charge < -0.3 is 0 Å². The first-order chi connectivity index (χ1) is 14.1. The zero-order chi connectivity index (χ0) is 20.4. The summed E-state index contributed by atoms with van der Waals surface area (Å²) in [5.74, 6) is -0.689. The summed E-state index contributed by atoms with van der Waals surface area (Å²) in [7, 11) is 0. The van der Waals surface area contributed by atoms with Crippen LogP contribution in [0.3, 0.4) is 0 Å². The van der Waals surface area contributed by atoms with E-state index in [1.54, 1.807) is 24.3 Å². The summed E-state index contributed by atoms with van der Waals surface area (Å²) in [6, 6.07) is 24.1. The zero-order valence-electron chi connectivity index (χ0n) is 15.6. The third-order valence-corrected chi connectivity index (χ3v) is 4.65. The Bertz CT molecular complexity index is 1220. The molecular formula is C24H16FN3O. The van der Waals surface area contributed by atoms with Crippen molar-refractivity contribution in [2.45, 2.75) is 6.92 Å². The molecule has 29 heavy (non-hydrogen) atoms. The van der Waals surface area contributed by atoms with Crippen molar-refractivity contribution in [1.29, 1.82) is 5.26 Å². The third-order valence-electron chi connectivity index (χ3n) is 4.65. The highest BCUT2D eigenvalue weighted by molar-refractivity contribution is 6.13. The van der Waals surface area contributed by atoms with Gasteiger partial charge in [-0.05, 0) is 43.3 Å². The van der Waals surface area contributed by atoms with Gasteiger partial charge in [-0.1, -0.05) is 48.0 Å². The average molecular weight is 381 g/mol. The Morgan fingerprint density at radius 3 is 2.24 bits per heavy atom. The molecule has 0 saturated carbocycles. The second-order valence-corrected chi connectivity index (χ2v) is 6.63. The number of carbonyl (C=O) groups is 1. The van der Waals surface area contributed by atoms with Crippen LogP contribution in [-0.4, -0.2) is 15.6 Å². The molecule has 0 aliphatic carbocycles. The number of nitrogens with zero attached hydrogens (tertiary/aromatic N) is 3. The number of ketones is 1.